The largest absolute Gasteiger partial charge is 0.379 e. The zero-order valence-electron chi connectivity index (χ0n) is 15.6. The lowest BCUT2D eigenvalue weighted by Gasteiger charge is -2.32. The molecule has 2 fully saturated rings. The van der Waals surface area contributed by atoms with Crippen LogP contribution >= 0.6 is 0 Å². The van der Waals surface area contributed by atoms with E-state index in [2.05, 4.69) is 57.0 Å². The standard InChI is InChI=1S/C21H28N4O/c1-17(24-11-13-26-14-12-24)18-5-7-19(8-6-18)20-15-21(23-16-22-20)25-9-3-2-4-10-25/h5-8,15-17H,2-4,9-14H2,1H3/t17-/m1/s1. The minimum atomic E-state index is 0.419. The van der Waals surface area contributed by atoms with E-state index < -0.39 is 0 Å². The van der Waals surface area contributed by atoms with Crippen LogP contribution in [0.5, 0.6) is 0 Å². The van der Waals surface area contributed by atoms with Crippen molar-refractivity contribution in [1.29, 1.82) is 0 Å². The highest BCUT2D eigenvalue weighted by molar-refractivity contribution is 5.63. The summed E-state index contributed by atoms with van der Waals surface area (Å²) in [5.74, 6) is 1.06. The third-order valence-electron chi connectivity index (χ3n) is 5.61. The first kappa shape index (κ1) is 17.4. The summed E-state index contributed by atoms with van der Waals surface area (Å²) in [6.45, 7) is 8.17. The van der Waals surface area contributed by atoms with Gasteiger partial charge in [0.2, 0.25) is 0 Å². The summed E-state index contributed by atoms with van der Waals surface area (Å²) in [5.41, 5.74) is 3.51. The molecule has 0 aliphatic carbocycles. The van der Waals surface area contributed by atoms with Gasteiger partial charge in [0.1, 0.15) is 12.1 Å². The first-order valence-corrected chi connectivity index (χ1v) is 9.80. The molecule has 138 valence electrons. The number of piperidine rings is 1. The smallest absolute Gasteiger partial charge is 0.132 e. The van der Waals surface area contributed by atoms with Crippen LogP contribution in [0.2, 0.25) is 0 Å². The van der Waals surface area contributed by atoms with Crippen LogP contribution in [0.3, 0.4) is 0 Å². The van der Waals surface area contributed by atoms with Gasteiger partial charge in [-0.05, 0) is 31.7 Å². The second-order valence-electron chi connectivity index (χ2n) is 7.26. The van der Waals surface area contributed by atoms with E-state index in [9.17, 15) is 0 Å². The van der Waals surface area contributed by atoms with Crippen molar-refractivity contribution in [3.63, 3.8) is 0 Å². The highest BCUT2D eigenvalue weighted by Crippen LogP contribution is 2.26. The van der Waals surface area contributed by atoms with Crippen LogP contribution in [0.4, 0.5) is 5.82 Å². The number of rotatable bonds is 4. The average Bonchev–Trinajstić information content (AvgIpc) is 2.75. The van der Waals surface area contributed by atoms with Gasteiger partial charge in [0, 0.05) is 43.9 Å². The molecule has 0 radical (unpaired) electrons. The Morgan fingerprint density at radius 3 is 2.38 bits per heavy atom. The molecule has 2 aliphatic heterocycles. The molecule has 3 heterocycles. The molecular formula is C21H28N4O. The van der Waals surface area contributed by atoms with Gasteiger partial charge >= 0.3 is 0 Å². The molecule has 5 heteroatoms. The third-order valence-corrected chi connectivity index (χ3v) is 5.61. The molecule has 0 bridgehead atoms. The summed E-state index contributed by atoms with van der Waals surface area (Å²) in [5, 5.41) is 0. The van der Waals surface area contributed by atoms with Crippen LogP contribution < -0.4 is 4.90 Å². The number of nitrogens with zero attached hydrogens (tertiary/aromatic N) is 4. The molecule has 0 saturated carbocycles. The summed E-state index contributed by atoms with van der Waals surface area (Å²) >= 11 is 0. The molecule has 0 unspecified atom stereocenters. The number of benzene rings is 1. The molecule has 0 spiro atoms. The summed E-state index contributed by atoms with van der Waals surface area (Å²) in [4.78, 5) is 13.9. The Hall–Kier alpha value is -1.98. The van der Waals surface area contributed by atoms with Crippen molar-refractivity contribution in [3.05, 3.63) is 42.2 Å². The maximum Gasteiger partial charge on any atom is 0.132 e. The topological polar surface area (TPSA) is 41.5 Å². The number of ether oxygens (including phenoxy) is 1. The number of hydrogen-bond acceptors (Lipinski definition) is 5. The molecule has 1 atom stereocenters. The van der Waals surface area contributed by atoms with Crippen LogP contribution in [-0.4, -0.2) is 54.3 Å². The highest BCUT2D eigenvalue weighted by atomic mass is 16.5. The minimum Gasteiger partial charge on any atom is -0.379 e. The van der Waals surface area contributed by atoms with Gasteiger partial charge < -0.3 is 9.64 Å². The van der Waals surface area contributed by atoms with Gasteiger partial charge in [-0.2, -0.15) is 0 Å². The average molecular weight is 352 g/mol. The van der Waals surface area contributed by atoms with Crippen molar-refractivity contribution in [2.45, 2.75) is 32.2 Å². The maximum absolute atomic E-state index is 5.46. The van der Waals surface area contributed by atoms with Crippen molar-refractivity contribution in [1.82, 2.24) is 14.9 Å². The SMILES string of the molecule is C[C@H](c1ccc(-c2cc(N3CCCCC3)ncn2)cc1)N1CCOCC1. The summed E-state index contributed by atoms with van der Waals surface area (Å²) in [7, 11) is 0. The zero-order chi connectivity index (χ0) is 17.8. The Balaban J connectivity index is 1.49. The quantitative estimate of drug-likeness (QED) is 0.842. The molecule has 1 aromatic heterocycles. The van der Waals surface area contributed by atoms with Gasteiger partial charge in [-0.3, -0.25) is 4.90 Å². The summed E-state index contributed by atoms with van der Waals surface area (Å²) in [6, 6.07) is 11.4. The van der Waals surface area contributed by atoms with Gasteiger partial charge in [-0.15, -0.1) is 0 Å². The lowest BCUT2D eigenvalue weighted by atomic mass is 10.0. The first-order valence-electron chi connectivity index (χ1n) is 9.80. The van der Waals surface area contributed by atoms with E-state index in [1.54, 1.807) is 6.33 Å². The Kier molecular flexibility index (Phi) is 5.46. The van der Waals surface area contributed by atoms with Gasteiger partial charge in [-0.25, -0.2) is 9.97 Å². The number of hydrogen-bond donors (Lipinski definition) is 0. The minimum absolute atomic E-state index is 0.419. The van der Waals surface area contributed by atoms with E-state index in [4.69, 9.17) is 4.74 Å². The zero-order valence-corrected chi connectivity index (χ0v) is 15.6. The third kappa shape index (κ3) is 3.89. The van der Waals surface area contributed by atoms with Gasteiger partial charge in [0.15, 0.2) is 0 Å². The summed E-state index contributed by atoms with van der Waals surface area (Å²) in [6.07, 6.45) is 5.54. The second-order valence-corrected chi connectivity index (χ2v) is 7.26. The Bertz CT molecular complexity index is 706. The van der Waals surface area contributed by atoms with Gasteiger partial charge in [0.05, 0.1) is 18.9 Å². The van der Waals surface area contributed by atoms with E-state index in [0.717, 1.165) is 56.5 Å². The number of morpholine rings is 1. The predicted octanol–water partition coefficient (Wildman–Crippen LogP) is 3.53. The molecule has 1 aromatic carbocycles. The van der Waals surface area contributed by atoms with Crippen molar-refractivity contribution < 1.29 is 4.74 Å². The molecule has 0 amide bonds. The fraction of sp³-hybridized carbons (Fsp3) is 0.524. The Labute approximate surface area is 156 Å². The molecular weight excluding hydrogens is 324 g/mol. The van der Waals surface area contributed by atoms with Crippen LogP contribution in [0, 0.1) is 0 Å². The predicted molar refractivity (Wildman–Crippen MR) is 104 cm³/mol. The fourth-order valence-electron chi connectivity index (χ4n) is 3.91. The molecule has 2 aliphatic rings. The summed E-state index contributed by atoms with van der Waals surface area (Å²) < 4.78 is 5.46. The number of aromatic nitrogens is 2. The van der Waals surface area contributed by atoms with Crippen molar-refractivity contribution in [2.24, 2.45) is 0 Å². The van der Waals surface area contributed by atoms with Crippen LogP contribution in [0.15, 0.2) is 36.7 Å². The molecule has 26 heavy (non-hydrogen) atoms. The Morgan fingerprint density at radius 2 is 1.65 bits per heavy atom. The van der Waals surface area contributed by atoms with Gasteiger partial charge in [-0.1, -0.05) is 24.3 Å². The lowest BCUT2D eigenvalue weighted by Crippen LogP contribution is -2.37. The highest BCUT2D eigenvalue weighted by Gasteiger charge is 2.18. The van der Waals surface area contributed by atoms with Crippen LogP contribution in [-0.2, 0) is 4.74 Å². The second kappa shape index (κ2) is 8.14. The van der Waals surface area contributed by atoms with Crippen LogP contribution in [0.25, 0.3) is 11.3 Å². The molecule has 2 saturated heterocycles. The van der Waals surface area contributed by atoms with E-state index >= 15 is 0 Å². The molecule has 0 N–H and O–H groups in total. The van der Waals surface area contributed by atoms with E-state index in [0.29, 0.717) is 6.04 Å². The number of anilines is 1. The molecule has 2 aromatic rings. The fourth-order valence-corrected chi connectivity index (χ4v) is 3.91. The maximum atomic E-state index is 5.46. The van der Waals surface area contributed by atoms with E-state index in [1.165, 1.54) is 24.8 Å². The molecule has 4 rings (SSSR count). The van der Waals surface area contributed by atoms with Gasteiger partial charge in [0.25, 0.3) is 0 Å². The normalized spacial score (nSPS) is 20.1. The van der Waals surface area contributed by atoms with Crippen molar-refractivity contribution in [3.8, 4) is 11.3 Å². The van der Waals surface area contributed by atoms with Crippen LogP contribution in [0.1, 0.15) is 37.8 Å². The lowest BCUT2D eigenvalue weighted by molar-refractivity contribution is 0.0198. The van der Waals surface area contributed by atoms with E-state index in [1.807, 2.05) is 0 Å². The first-order chi connectivity index (χ1) is 12.8. The monoisotopic (exact) mass is 352 g/mol. The Morgan fingerprint density at radius 1 is 0.923 bits per heavy atom. The van der Waals surface area contributed by atoms with Crippen molar-refractivity contribution >= 4 is 5.82 Å². The van der Waals surface area contributed by atoms with E-state index in [-0.39, 0.29) is 0 Å². The van der Waals surface area contributed by atoms with Crippen molar-refractivity contribution in [2.75, 3.05) is 44.3 Å². The molecule has 5 nitrogen and oxygen atoms in total.